The number of amidine groups is 1. The molecular formula is C15H14BrN3S. The third kappa shape index (κ3) is 2.11. The van der Waals surface area contributed by atoms with E-state index in [-0.39, 0.29) is 0 Å². The van der Waals surface area contributed by atoms with E-state index in [1.165, 1.54) is 4.88 Å². The van der Waals surface area contributed by atoms with Crippen molar-refractivity contribution in [3.63, 3.8) is 0 Å². The van der Waals surface area contributed by atoms with Gasteiger partial charge in [-0.1, -0.05) is 28.1 Å². The predicted molar refractivity (Wildman–Crippen MR) is 88.7 cm³/mol. The lowest BCUT2D eigenvalue weighted by molar-refractivity contribution is 0.590. The summed E-state index contributed by atoms with van der Waals surface area (Å²) < 4.78 is 1.01. The second kappa shape index (κ2) is 4.82. The Kier molecular flexibility index (Phi) is 3.26. The lowest BCUT2D eigenvalue weighted by atomic mass is 9.94. The minimum absolute atomic E-state index is 0.508. The quantitative estimate of drug-likeness (QED) is 0.881. The smallest absolute Gasteiger partial charge is 0.204 e. The van der Waals surface area contributed by atoms with E-state index in [0.717, 1.165) is 21.3 Å². The van der Waals surface area contributed by atoms with Gasteiger partial charge in [-0.2, -0.15) is 0 Å². The summed E-state index contributed by atoms with van der Waals surface area (Å²) in [7, 11) is 0. The number of thiophene rings is 1. The third-order valence-electron chi connectivity index (χ3n) is 3.34. The fourth-order valence-electron chi connectivity index (χ4n) is 2.34. The molecule has 1 aliphatic rings. The summed E-state index contributed by atoms with van der Waals surface area (Å²) >= 11 is 5.22. The Hall–Kier alpha value is -1.46. The second-order valence-corrected chi connectivity index (χ2v) is 6.85. The standard InChI is InChI=1S/C15H14BrN3S/c1-9-6-12(8-20-9)15(18-10(2)14(17)19-15)11-4-3-5-13(16)7-11/h3-8H,1-2H3,(H2,17,19)/t15-/m1/s1. The normalized spacial score (nSPS) is 21.8. The van der Waals surface area contributed by atoms with Gasteiger partial charge < -0.3 is 5.73 Å². The van der Waals surface area contributed by atoms with E-state index in [1.807, 2.05) is 31.2 Å². The molecule has 2 N–H and O–H groups in total. The Labute approximate surface area is 130 Å². The Morgan fingerprint density at radius 3 is 2.50 bits per heavy atom. The van der Waals surface area contributed by atoms with E-state index in [1.54, 1.807) is 11.3 Å². The van der Waals surface area contributed by atoms with Crippen LogP contribution in [0.1, 0.15) is 22.9 Å². The zero-order valence-corrected chi connectivity index (χ0v) is 13.6. The lowest BCUT2D eigenvalue weighted by Gasteiger charge is -2.23. The number of nitrogens with two attached hydrogens (primary N) is 1. The molecule has 0 saturated carbocycles. The van der Waals surface area contributed by atoms with Crippen molar-refractivity contribution >= 4 is 38.8 Å². The van der Waals surface area contributed by atoms with E-state index < -0.39 is 5.66 Å². The molecule has 3 rings (SSSR count). The van der Waals surface area contributed by atoms with Gasteiger partial charge in [-0.05, 0) is 37.4 Å². The van der Waals surface area contributed by atoms with Crippen LogP contribution < -0.4 is 5.73 Å². The Morgan fingerprint density at radius 2 is 1.95 bits per heavy atom. The van der Waals surface area contributed by atoms with Crippen molar-refractivity contribution in [1.82, 2.24) is 0 Å². The van der Waals surface area contributed by atoms with E-state index in [9.17, 15) is 0 Å². The van der Waals surface area contributed by atoms with E-state index in [2.05, 4.69) is 39.3 Å². The van der Waals surface area contributed by atoms with Crippen LogP contribution in [0.4, 0.5) is 0 Å². The van der Waals surface area contributed by atoms with Gasteiger partial charge in [-0.3, -0.25) is 0 Å². The van der Waals surface area contributed by atoms with Crippen LogP contribution in [-0.4, -0.2) is 11.5 Å². The predicted octanol–water partition coefficient (Wildman–Crippen LogP) is 3.85. The molecule has 102 valence electrons. The average molecular weight is 348 g/mol. The van der Waals surface area contributed by atoms with Crippen molar-refractivity contribution in [2.75, 3.05) is 0 Å². The first-order valence-corrected chi connectivity index (χ1v) is 7.92. The van der Waals surface area contributed by atoms with Gasteiger partial charge in [-0.25, -0.2) is 9.98 Å². The fourth-order valence-corrected chi connectivity index (χ4v) is 3.48. The van der Waals surface area contributed by atoms with Crippen molar-refractivity contribution in [2.24, 2.45) is 15.7 Å². The molecule has 5 heteroatoms. The van der Waals surface area contributed by atoms with E-state index in [0.29, 0.717) is 5.84 Å². The summed E-state index contributed by atoms with van der Waals surface area (Å²) in [6, 6.07) is 10.2. The molecule has 1 aromatic heterocycles. The number of hydrogen-bond donors (Lipinski definition) is 1. The van der Waals surface area contributed by atoms with Gasteiger partial charge in [0.05, 0.1) is 5.71 Å². The van der Waals surface area contributed by atoms with Crippen LogP contribution in [0, 0.1) is 6.92 Å². The van der Waals surface area contributed by atoms with Crippen LogP contribution in [0.15, 0.2) is 50.2 Å². The molecule has 0 fully saturated rings. The maximum absolute atomic E-state index is 5.98. The fraction of sp³-hybridized carbons (Fsp3) is 0.200. The molecular weight excluding hydrogens is 334 g/mol. The van der Waals surface area contributed by atoms with Crippen LogP contribution in [0.25, 0.3) is 0 Å². The first-order chi connectivity index (χ1) is 9.51. The van der Waals surface area contributed by atoms with Crippen LogP contribution in [0.2, 0.25) is 0 Å². The highest BCUT2D eigenvalue weighted by Crippen LogP contribution is 2.40. The van der Waals surface area contributed by atoms with E-state index in [4.69, 9.17) is 10.7 Å². The van der Waals surface area contributed by atoms with Gasteiger partial charge in [0.15, 0.2) is 0 Å². The maximum Gasteiger partial charge on any atom is 0.204 e. The number of aryl methyl sites for hydroxylation is 1. The molecule has 0 amide bonds. The number of halogens is 1. The highest BCUT2D eigenvalue weighted by Gasteiger charge is 2.38. The molecule has 0 spiro atoms. The maximum atomic E-state index is 5.98. The zero-order valence-electron chi connectivity index (χ0n) is 11.2. The molecule has 3 nitrogen and oxygen atoms in total. The third-order valence-corrected chi connectivity index (χ3v) is 4.70. The van der Waals surface area contributed by atoms with Crippen molar-refractivity contribution in [3.05, 3.63) is 56.2 Å². The largest absolute Gasteiger partial charge is 0.382 e. The molecule has 0 radical (unpaired) electrons. The summed E-state index contributed by atoms with van der Waals surface area (Å²) in [4.78, 5) is 10.7. The van der Waals surface area contributed by atoms with Gasteiger partial charge in [0, 0.05) is 20.5 Å². The summed E-state index contributed by atoms with van der Waals surface area (Å²) in [6.07, 6.45) is 0. The highest BCUT2D eigenvalue weighted by atomic mass is 79.9. The Bertz CT molecular complexity index is 712. The van der Waals surface area contributed by atoms with Crippen LogP contribution >= 0.6 is 27.3 Å². The molecule has 2 heterocycles. The number of benzene rings is 1. The minimum Gasteiger partial charge on any atom is -0.382 e. The summed E-state index contributed by atoms with van der Waals surface area (Å²) in [5.74, 6) is 0.508. The molecule has 0 aliphatic carbocycles. The van der Waals surface area contributed by atoms with Crippen LogP contribution in [0.3, 0.4) is 0 Å². The van der Waals surface area contributed by atoms with Crippen molar-refractivity contribution in [1.29, 1.82) is 0 Å². The molecule has 0 bridgehead atoms. The molecule has 2 aromatic rings. The first-order valence-electron chi connectivity index (χ1n) is 6.25. The molecule has 1 aliphatic heterocycles. The second-order valence-electron chi connectivity index (χ2n) is 4.82. The number of rotatable bonds is 2. The average Bonchev–Trinajstić information content (AvgIpc) is 2.96. The number of hydrogen-bond acceptors (Lipinski definition) is 4. The Morgan fingerprint density at radius 1 is 1.15 bits per heavy atom. The van der Waals surface area contributed by atoms with Gasteiger partial charge in [0.1, 0.15) is 5.84 Å². The molecule has 1 atom stereocenters. The van der Waals surface area contributed by atoms with Gasteiger partial charge in [0.2, 0.25) is 5.66 Å². The highest BCUT2D eigenvalue weighted by molar-refractivity contribution is 9.10. The number of nitrogens with zero attached hydrogens (tertiary/aromatic N) is 2. The van der Waals surface area contributed by atoms with Gasteiger partial charge in [-0.15, -0.1) is 11.3 Å². The van der Waals surface area contributed by atoms with Crippen molar-refractivity contribution in [3.8, 4) is 0 Å². The molecule has 20 heavy (non-hydrogen) atoms. The monoisotopic (exact) mass is 347 g/mol. The molecule has 0 unspecified atom stereocenters. The Balaban J connectivity index is 2.26. The molecule has 1 aromatic carbocycles. The van der Waals surface area contributed by atoms with Crippen LogP contribution in [0.5, 0.6) is 0 Å². The molecule has 0 saturated heterocycles. The van der Waals surface area contributed by atoms with Gasteiger partial charge in [0.25, 0.3) is 0 Å². The minimum atomic E-state index is -0.733. The lowest BCUT2D eigenvalue weighted by Crippen LogP contribution is -2.21. The summed E-state index contributed by atoms with van der Waals surface area (Å²) in [5.41, 5.74) is 8.12. The summed E-state index contributed by atoms with van der Waals surface area (Å²) in [5, 5.41) is 2.11. The van der Waals surface area contributed by atoms with E-state index >= 15 is 0 Å². The van der Waals surface area contributed by atoms with Crippen LogP contribution in [-0.2, 0) is 5.66 Å². The zero-order chi connectivity index (χ0) is 14.3. The topological polar surface area (TPSA) is 50.7 Å². The SMILES string of the molecule is CC1=N[C@@](c2cccc(Br)c2)(c2csc(C)c2)N=C1N. The van der Waals surface area contributed by atoms with Crippen molar-refractivity contribution in [2.45, 2.75) is 19.5 Å². The van der Waals surface area contributed by atoms with Gasteiger partial charge >= 0.3 is 0 Å². The number of aliphatic imine (C=N–C) groups is 2. The first kappa shape index (κ1) is 13.5. The summed E-state index contributed by atoms with van der Waals surface area (Å²) in [6.45, 7) is 3.99. The van der Waals surface area contributed by atoms with Crippen molar-refractivity contribution < 1.29 is 0 Å².